The van der Waals surface area contributed by atoms with E-state index in [1.54, 1.807) is 0 Å². The van der Waals surface area contributed by atoms with E-state index in [4.69, 9.17) is 0 Å². The first-order chi connectivity index (χ1) is 8.47. The molecular weight excluding hydrogens is 220 g/mol. The molecule has 2 aliphatic carbocycles. The highest BCUT2D eigenvalue weighted by Crippen LogP contribution is 2.67. The van der Waals surface area contributed by atoms with E-state index < -0.39 is 0 Å². The summed E-state index contributed by atoms with van der Waals surface area (Å²) in [5, 5.41) is 10.7. The molecule has 2 bridgehead atoms. The Kier molecular flexibility index (Phi) is 2.47. The molecular formula is C17H22O. The van der Waals surface area contributed by atoms with Gasteiger partial charge in [-0.15, -0.1) is 0 Å². The number of hydrogen-bond acceptors (Lipinski definition) is 1. The molecule has 0 radical (unpaired) electrons. The molecule has 3 rings (SSSR count). The van der Waals surface area contributed by atoms with Gasteiger partial charge in [-0.1, -0.05) is 57.2 Å². The van der Waals surface area contributed by atoms with E-state index in [-0.39, 0.29) is 16.9 Å². The maximum Gasteiger partial charge on any atom is 0.0815 e. The van der Waals surface area contributed by atoms with Gasteiger partial charge >= 0.3 is 0 Å². The van der Waals surface area contributed by atoms with Crippen molar-refractivity contribution >= 4 is 6.08 Å². The van der Waals surface area contributed by atoms with Crippen LogP contribution in [0.1, 0.15) is 39.2 Å². The average molecular weight is 242 g/mol. The quantitative estimate of drug-likeness (QED) is 0.792. The number of fused-ring (bicyclic) bond motifs is 2. The fourth-order valence-corrected chi connectivity index (χ4v) is 4.08. The summed E-state index contributed by atoms with van der Waals surface area (Å²) >= 11 is 0. The monoisotopic (exact) mass is 242 g/mol. The highest BCUT2D eigenvalue weighted by Gasteiger charge is 2.63. The van der Waals surface area contributed by atoms with E-state index in [2.05, 4.69) is 51.1 Å². The van der Waals surface area contributed by atoms with Gasteiger partial charge in [0.1, 0.15) is 0 Å². The molecule has 96 valence electrons. The molecule has 0 saturated heterocycles. The van der Waals surface area contributed by atoms with Crippen molar-refractivity contribution in [2.45, 2.75) is 39.7 Å². The molecule has 1 aromatic rings. The van der Waals surface area contributed by atoms with Crippen LogP contribution in [0, 0.1) is 16.7 Å². The van der Waals surface area contributed by atoms with Crippen molar-refractivity contribution < 1.29 is 5.11 Å². The first-order valence-electron chi connectivity index (χ1n) is 6.91. The van der Waals surface area contributed by atoms with Crippen LogP contribution in [0.25, 0.3) is 6.08 Å². The largest absolute Gasteiger partial charge is 0.388 e. The van der Waals surface area contributed by atoms with Crippen LogP contribution < -0.4 is 0 Å². The second kappa shape index (κ2) is 3.71. The van der Waals surface area contributed by atoms with Gasteiger partial charge < -0.3 is 5.11 Å². The predicted molar refractivity (Wildman–Crippen MR) is 75.0 cm³/mol. The zero-order valence-electron chi connectivity index (χ0n) is 11.5. The van der Waals surface area contributed by atoms with E-state index >= 15 is 0 Å². The van der Waals surface area contributed by atoms with Gasteiger partial charge in [0.05, 0.1) is 6.10 Å². The molecule has 1 aromatic carbocycles. The number of aliphatic hydroxyl groups is 1. The molecule has 1 N–H and O–H groups in total. The minimum atomic E-state index is -0.272. The van der Waals surface area contributed by atoms with Gasteiger partial charge in [-0.3, -0.25) is 0 Å². The molecule has 3 unspecified atom stereocenters. The van der Waals surface area contributed by atoms with Crippen molar-refractivity contribution in [2.75, 3.05) is 0 Å². The lowest BCUT2D eigenvalue weighted by Gasteiger charge is -2.36. The van der Waals surface area contributed by atoms with E-state index in [1.165, 1.54) is 17.6 Å². The maximum atomic E-state index is 10.7. The topological polar surface area (TPSA) is 20.2 Å². The Balaban J connectivity index is 2.04. The molecule has 2 fully saturated rings. The van der Waals surface area contributed by atoms with Crippen LogP contribution in [-0.2, 0) is 0 Å². The lowest BCUT2D eigenvalue weighted by Crippen LogP contribution is -2.35. The lowest BCUT2D eigenvalue weighted by molar-refractivity contribution is 0.0264. The Hall–Kier alpha value is -1.08. The van der Waals surface area contributed by atoms with Crippen molar-refractivity contribution in [1.29, 1.82) is 0 Å². The van der Waals surface area contributed by atoms with Gasteiger partial charge in [-0.05, 0) is 35.3 Å². The summed E-state index contributed by atoms with van der Waals surface area (Å²) in [7, 11) is 0. The molecule has 1 nitrogen and oxygen atoms in total. The maximum absolute atomic E-state index is 10.7. The SMILES string of the molecule is CC1(C)C2CCC1(C)C(O)C2=Cc1ccccc1. The normalized spacial score (nSPS) is 39.4. The third-order valence-electron chi connectivity index (χ3n) is 5.75. The number of rotatable bonds is 1. The third-order valence-corrected chi connectivity index (χ3v) is 5.75. The highest BCUT2D eigenvalue weighted by atomic mass is 16.3. The van der Waals surface area contributed by atoms with Gasteiger partial charge in [0.15, 0.2) is 0 Å². The van der Waals surface area contributed by atoms with Crippen LogP contribution >= 0.6 is 0 Å². The Morgan fingerprint density at radius 1 is 1.17 bits per heavy atom. The van der Waals surface area contributed by atoms with Crippen molar-refractivity contribution in [3.63, 3.8) is 0 Å². The highest BCUT2D eigenvalue weighted by molar-refractivity contribution is 5.57. The van der Waals surface area contributed by atoms with Gasteiger partial charge in [0, 0.05) is 5.41 Å². The van der Waals surface area contributed by atoms with Gasteiger partial charge in [-0.25, -0.2) is 0 Å². The number of hydrogen-bond donors (Lipinski definition) is 1. The van der Waals surface area contributed by atoms with Gasteiger partial charge in [-0.2, -0.15) is 0 Å². The van der Waals surface area contributed by atoms with Crippen LogP contribution in [0.2, 0.25) is 0 Å². The Morgan fingerprint density at radius 2 is 1.83 bits per heavy atom. The van der Waals surface area contributed by atoms with Crippen LogP contribution in [0.3, 0.4) is 0 Å². The average Bonchev–Trinajstić information content (AvgIpc) is 2.65. The van der Waals surface area contributed by atoms with Crippen LogP contribution in [-0.4, -0.2) is 11.2 Å². The van der Waals surface area contributed by atoms with E-state index in [9.17, 15) is 5.11 Å². The number of benzene rings is 1. The fourth-order valence-electron chi connectivity index (χ4n) is 4.08. The second-order valence-corrected chi connectivity index (χ2v) is 6.69. The van der Waals surface area contributed by atoms with E-state index in [0.717, 1.165) is 6.42 Å². The zero-order valence-corrected chi connectivity index (χ0v) is 11.5. The van der Waals surface area contributed by atoms with Gasteiger partial charge in [0.25, 0.3) is 0 Å². The third kappa shape index (κ3) is 1.37. The summed E-state index contributed by atoms with van der Waals surface area (Å²) in [4.78, 5) is 0. The summed E-state index contributed by atoms with van der Waals surface area (Å²) in [6.45, 7) is 6.89. The van der Waals surface area contributed by atoms with E-state index in [0.29, 0.717) is 5.92 Å². The Morgan fingerprint density at radius 3 is 2.39 bits per heavy atom. The summed E-state index contributed by atoms with van der Waals surface area (Å²) in [6.07, 6.45) is 4.31. The van der Waals surface area contributed by atoms with Crippen molar-refractivity contribution in [3.8, 4) is 0 Å². The Bertz CT molecular complexity index is 486. The molecule has 2 aliphatic rings. The summed E-state index contributed by atoms with van der Waals surface area (Å²) in [5.74, 6) is 0.540. The van der Waals surface area contributed by atoms with E-state index in [1.807, 2.05) is 6.07 Å². The molecule has 0 spiro atoms. The standard InChI is InChI=1S/C17H22O/c1-16(2)14-9-10-17(16,3)15(18)13(14)11-12-7-5-4-6-8-12/h4-8,11,14-15,18H,9-10H2,1-3H3. The molecule has 0 amide bonds. The summed E-state index contributed by atoms with van der Waals surface area (Å²) in [6, 6.07) is 10.4. The second-order valence-electron chi connectivity index (χ2n) is 6.69. The molecule has 0 aliphatic heterocycles. The van der Waals surface area contributed by atoms with Crippen molar-refractivity contribution in [1.82, 2.24) is 0 Å². The fraction of sp³-hybridized carbons (Fsp3) is 0.529. The summed E-state index contributed by atoms with van der Waals surface area (Å²) in [5.41, 5.74) is 2.73. The first-order valence-corrected chi connectivity index (χ1v) is 6.91. The van der Waals surface area contributed by atoms with Crippen LogP contribution in [0.5, 0.6) is 0 Å². The van der Waals surface area contributed by atoms with Crippen molar-refractivity contribution in [2.24, 2.45) is 16.7 Å². The van der Waals surface area contributed by atoms with Gasteiger partial charge in [0.2, 0.25) is 0 Å². The molecule has 2 saturated carbocycles. The molecule has 0 aromatic heterocycles. The molecule has 3 atom stereocenters. The minimum absolute atomic E-state index is 0.0538. The number of aliphatic hydroxyl groups excluding tert-OH is 1. The Labute approximate surface area is 110 Å². The summed E-state index contributed by atoms with van der Waals surface area (Å²) < 4.78 is 0. The van der Waals surface area contributed by atoms with Crippen LogP contribution in [0.4, 0.5) is 0 Å². The first kappa shape index (κ1) is 12.0. The van der Waals surface area contributed by atoms with Crippen molar-refractivity contribution in [3.05, 3.63) is 41.5 Å². The lowest BCUT2D eigenvalue weighted by atomic mass is 9.70. The smallest absolute Gasteiger partial charge is 0.0815 e. The predicted octanol–water partition coefficient (Wildman–Crippen LogP) is 3.89. The molecule has 0 heterocycles. The molecule has 18 heavy (non-hydrogen) atoms. The zero-order chi connectivity index (χ0) is 13.0. The van der Waals surface area contributed by atoms with Crippen LogP contribution in [0.15, 0.2) is 35.9 Å². The minimum Gasteiger partial charge on any atom is -0.388 e. The molecule has 1 heteroatoms.